The van der Waals surface area contributed by atoms with E-state index in [2.05, 4.69) is 10.3 Å². The van der Waals surface area contributed by atoms with Crippen molar-refractivity contribution in [1.29, 1.82) is 0 Å². The highest BCUT2D eigenvalue weighted by Gasteiger charge is 2.37. The van der Waals surface area contributed by atoms with Crippen molar-refractivity contribution in [1.82, 2.24) is 5.32 Å². The van der Waals surface area contributed by atoms with E-state index in [1.165, 1.54) is 6.92 Å². The van der Waals surface area contributed by atoms with E-state index in [0.29, 0.717) is 28.6 Å². The van der Waals surface area contributed by atoms with Gasteiger partial charge in [-0.15, -0.1) is 0 Å². The van der Waals surface area contributed by atoms with E-state index in [9.17, 15) is 23.2 Å². The Kier molecular flexibility index (Phi) is 6.79. The van der Waals surface area contributed by atoms with Crippen LogP contribution in [0.1, 0.15) is 23.6 Å². The number of nitrogens with one attached hydrogen (secondary N) is 1. The normalized spacial score (nSPS) is 16.1. The number of benzene rings is 3. The average Bonchev–Trinajstić information content (AvgIpc) is 2.93. The van der Waals surface area contributed by atoms with Gasteiger partial charge in [0.05, 0.1) is 23.9 Å². The van der Waals surface area contributed by atoms with Crippen molar-refractivity contribution >= 4 is 29.0 Å². The summed E-state index contributed by atoms with van der Waals surface area (Å²) >= 11 is 0. The van der Waals surface area contributed by atoms with Crippen LogP contribution in [0.25, 0.3) is 0 Å². The Hall–Kier alpha value is -4.24. The molecule has 2 atom stereocenters. The standard InChI is InChI=1S/C26H22F2N4O3/c1-15(30-22(33)13-16-11-18(27)14-19(28)12-16)25(34)24-26(35)32(29)21-10-6-5-9-20(21)23(31-24)17-7-3-2-4-8-17/h2-12,14-15,24H,13,29H2,1H3,(H,30,33)/t15-,24?/m0/s1. The average molecular weight is 476 g/mol. The van der Waals surface area contributed by atoms with Gasteiger partial charge in [0.2, 0.25) is 5.91 Å². The van der Waals surface area contributed by atoms with Gasteiger partial charge in [0.1, 0.15) is 11.6 Å². The second-order valence-electron chi connectivity index (χ2n) is 8.12. The maximum absolute atomic E-state index is 13.4. The Morgan fingerprint density at radius 1 is 1.03 bits per heavy atom. The number of benzodiazepines with no additional fused rings is 1. The number of rotatable bonds is 6. The number of anilines is 1. The topological polar surface area (TPSA) is 105 Å². The van der Waals surface area contributed by atoms with Gasteiger partial charge in [0, 0.05) is 17.2 Å². The summed E-state index contributed by atoms with van der Waals surface area (Å²) in [6.45, 7) is 1.41. The molecule has 3 aromatic rings. The van der Waals surface area contributed by atoms with E-state index in [4.69, 9.17) is 5.84 Å². The number of carbonyl (C=O) groups is 3. The summed E-state index contributed by atoms with van der Waals surface area (Å²) in [5, 5.41) is 3.37. The molecule has 0 spiro atoms. The molecule has 3 N–H and O–H groups in total. The molecule has 0 fully saturated rings. The van der Waals surface area contributed by atoms with Crippen molar-refractivity contribution in [3.05, 3.63) is 101 Å². The number of aliphatic imine (C=N–C) groups is 1. The number of hydrazine groups is 1. The van der Waals surface area contributed by atoms with Crippen LogP contribution < -0.4 is 16.2 Å². The Morgan fingerprint density at radius 2 is 1.66 bits per heavy atom. The van der Waals surface area contributed by atoms with Gasteiger partial charge in [-0.25, -0.2) is 19.6 Å². The van der Waals surface area contributed by atoms with Gasteiger partial charge in [-0.2, -0.15) is 0 Å². The van der Waals surface area contributed by atoms with Gasteiger partial charge in [0.15, 0.2) is 11.8 Å². The lowest BCUT2D eigenvalue weighted by atomic mass is 10.0. The van der Waals surface area contributed by atoms with E-state index in [1.54, 1.807) is 36.4 Å². The molecule has 9 heteroatoms. The Bertz CT molecular complexity index is 1310. The minimum Gasteiger partial charge on any atom is -0.346 e. The summed E-state index contributed by atoms with van der Waals surface area (Å²) in [7, 11) is 0. The number of halogens is 2. The van der Waals surface area contributed by atoms with Crippen LogP contribution in [0.5, 0.6) is 0 Å². The zero-order valence-corrected chi connectivity index (χ0v) is 18.7. The summed E-state index contributed by atoms with van der Waals surface area (Å²) in [5.41, 5.74) is 2.17. The molecule has 0 saturated carbocycles. The van der Waals surface area contributed by atoms with E-state index >= 15 is 0 Å². The number of hydrogen-bond donors (Lipinski definition) is 2. The van der Waals surface area contributed by atoms with Crippen LogP contribution in [0.15, 0.2) is 77.8 Å². The minimum absolute atomic E-state index is 0.109. The minimum atomic E-state index is -1.51. The number of nitrogens with two attached hydrogens (primary N) is 1. The number of ketones is 1. The van der Waals surface area contributed by atoms with Crippen molar-refractivity contribution in [2.24, 2.45) is 10.8 Å². The Balaban J connectivity index is 1.61. The first-order valence-electron chi connectivity index (χ1n) is 10.8. The molecule has 0 saturated heterocycles. The summed E-state index contributed by atoms with van der Waals surface area (Å²) in [4.78, 5) is 43.4. The number of para-hydroxylation sites is 1. The van der Waals surface area contributed by atoms with Gasteiger partial charge in [-0.05, 0) is 30.7 Å². The molecule has 1 aliphatic rings. The third-order valence-corrected chi connectivity index (χ3v) is 5.56. The molecule has 7 nitrogen and oxygen atoms in total. The fourth-order valence-corrected chi connectivity index (χ4v) is 3.90. The molecule has 178 valence electrons. The number of carbonyl (C=O) groups excluding carboxylic acids is 3. The maximum Gasteiger partial charge on any atom is 0.273 e. The predicted molar refractivity (Wildman–Crippen MR) is 127 cm³/mol. The molecule has 3 aromatic carbocycles. The zero-order valence-electron chi connectivity index (χ0n) is 18.7. The molecule has 0 radical (unpaired) electrons. The molecule has 0 aliphatic carbocycles. The summed E-state index contributed by atoms with van der Waals surface area (Å²) < 4.78 is 26.8. The lowest BCUT2D eigenvalue weighted by molar-refractivity contribution is -0.132. The first-order chi connectivity index (χ1) is 16.7. The van der Waals surface area contributed by atoms with Crippen LogP contribution in [0.3, 0.4) is 0 Å². The van der Waals surface area contributed by atoms with E-state index < -0.39 is 41.3 Å². The number of fused-ring (bicyclic) bond motifs is 1. The lowest BCUT2D eigenvalue weighted by Crippen LogP contribution is -2.51. The molecule has 1 unspecified atom stereocenters. The molecule has 0 bridgehead atoms. The van der Waals surface area contributed by atoms with E-state index in [0.717, 1.165) is 17.1 Å². The van der Waals surface area contributed by atoms with Crippen molar-refractivity contribution in [3.8, 4) is 0 Å². The maximum atomic E-state index is 13.4. The fourth-order valence-electron chi connectivity index (χ4n) is 3.90. The number of amides is 2. The molecular formula is C26H22F2N4O3. The van der Waals surface area contributed by atoms with Crippen LogP contribution in [0.4, 0.5) is 14.5 Å². The highest BCUT2D eigenvalue weighted by molar-refractivity contribution is 6.24. The third kappa shape index (κ3) is 5.15. The number of Topliss-reactive ketones (excluding diaryl/α,β-unsaturated/α-hetero) is 1. The van der Waals surface area contributed by atoms with Gasteiger partial charge in [-0.1, -0.05) is 48.5 Å². The van der Waals surface area contributed by atoms with Crippen LogP contribution >= 0.6 is 0 Å². The van der Waals surface area contributed by atoms with Gasteiger partial charge < -0.3 is 5.32 Å². The van der Waals surface area contributed by atoms with Gasteiger partial charge in [0.25, 0.3) is 5.91 Å². The lowest BCUT2D eigenvalue weighted by Gasteiger charge is -2.21. The molecule has 1 aliphatic heterocycles. The van der Waals surface area contributed by atoms with E-state index in [1.807, 2.05) is 18.2 Å². The Labute approximate surface area is 200 Å². The Morgan fingerprint density at radius 3 is 2.34 bits per heavy atom. The monoisotopic (exact) mass is 476 g/mol. The fraction of sp³-hybridized carbons (Fsp3) is 0.154. The van der Waals surface area contributed by atoms with Gasteiger partial charge in [-0.3, -0.25) is 19.4 Å². The highest BCUT2D eigenvalue weighted by Crippen LogP contribution is 2.27. The van der Waals surface area contributed by atoms with Crippen LogP contribution in [-0.4, -0.2) is 35.4 Å². The molecule has 4 rings (SSSR count). The van der Waals surface area contributed by atoms with Crippen molar-refractivity contribution in [3.63, 3.8) is 0 Å². The third-order valence-electron chi connectivity index (χ3n) is 5.56. The molecule has 0 aromatic heterocycles. The largest absolute Gasteiger partial charge is 0.346 e. The second-order valence-corrected chi connectivity index (χ2v) is 8.12. The van der Waals surface area contributed by atoms with Crippen molar-refractivity contribution < 1.29 is 23.2 Å². The van der Waals surface area contributed by atoms with Crippen molar-refractivity contribution in [2.75, 3.05) is 5.01 Å². The smallest absolute Gasteiger partial charge is 0.273 e. The summed E-state index contributed by atoms with van der Waals surface area (Å²) in [5.74, 6) is 2.40. The first-order valence-corrected chi connectivity index (χ1v) is 10.8. The molecule has 2 amide bonds. The predicted octanol–water partition coefficient (Wildman–Crippen LogP) is 2.71. The quantitative estimate of drug-likeness (QED) is 0.324. The second kappa shape index (κ2) is 9.94. The zero-order chi connectivity index (χ0) is 25.1. The number of hydrogen-bond acceptors (Lipinski definition) is 5. The SMILES string of the molecule is C[C@H](NC(=O)Cc1cc(F)cc(F)c1)C(=O)C1N=C(c2ccccc2)c2ccccc2N(N)C1=O. The molecule has 1 heterocycles. The van der Waals surface area contributed by atoms with Crippen LogP contribution in [0, 0.1) is 11.6 Å². The molecule has 35 heavy (non-hydrogen) atoms. The van der Waals surface area contributed by atoms with E-state index in [-0.39, 0.29) is 12.0 Å². The summed E-state index contributed by atoms with van der Waals surface area (Å²) in [6, 6.07) is 16.1. The van der Waals surface area contributed by atoms with Crippen molar-refractivity contribution in [2.45, 2.75) is 25.4 Å². The number of nitrogens with zero attached hydrogens (tertiary/aromatic N) is 2. The molecular weight excluding hydrogens is 454 g/mol. The highest BCUT2D eigenvalue weighted by atomic mass is 19.1. The first kappa shape index (κ1) is 23.9. The summed E-state index contributed by atoms with van der Waals surface area (Å²) in [6.07, 6.45) is -0.349. The van der Waals surface area contributed by atoms with Gasteiger partial charge >= 0.3 is 0 Å². The van der Waals surface area contributed by atoms with Crippen LogP contribution in [0.2, 0.25) is 0 Å². The van der Waals surface area contributed by atoms with Crippen LogP contribution in [-0.2, 0) is 20.8 Å².